The Morgan fingerprint density at radius 1 is 0.584 bits per heavy atom. The topological polar surface area (TPSA) is 281 Å². The van der Waals surface area contributed by atoms with Crippen molar-refractivity contribution in [2.75, 3.05) is 23.8 Å². The molecule has 77 heavy (non-hydrogen) atoms. The maximum Gasteiger partial charge on any atom is 2.00 e. The Morgan fingerprint density at radius 2 is 1.00 bits per heavy atom. The van der Waals surface area contributed by atoms with E-state index in [1.54, 1.807) is 111 Å². The second kappa shape index (κ2) is 26.3. The van der Waals surface area contributed by atoms with Crippen LogP contribution in [0.2, 0.25) is 10.0 Å². The third-order valence-corrected chi connectivity index (χ3v) is 14.1. The predicted octanol–water partition coefficient (Wildman–Crippen LogP) is 12.8. The summed E-state index contributed by atoms with van der Waals surface area (Å²) in [6.07, 6.45) is 0.844. The van der Waals surface area contributed by atoms with Gasteiger partial charge in [0, 0.05) is 27.7 Å². The largest absolute Gasteiger partial charge is 2.00 e. The molecule has 18 nitrogen and oxygen atoms in total. The average Bonchev–Trinajstić information content (AvgIpc) is 3.39. The number of benzene rings is 8. The number of anilines is 2. The summed E-state index contributed by atoms with van der Waals surface area (Å²) in [5, 5.41) is 47.7. The quantitative estimate of drug-likeness (QED) is 0.0399. The molecule has 8 aromatic rings. The number of nitrogens with one attached hydrogen (secondary N) is 2. The van der Waals surface area contributed by atoms with E-state index >= 15 is 0 Å². The summed E-state index contributed by atoms with van der Waals surface area (Å²) in [5.41, 5.74) is 1.54. The summed E-state index contributed by atoms with van der Waals surface area (Å²) in [7, 11) is -9.49. The number of ether oxygens (including phenoxy) is 2. The first-order valence-corrected chi connectivity index (χ1v) is 26.8. The molecular weight excluding hydrogens is 1200 g/mol. The molecule has 0 aliphatic rings. The van der Waals surface area contributed by atoms with Crippen LogP contribution in [0.15, 0.2) is 164 Å². The Kier molecular flexibility index (Phi) is 20.4. The van der Waals surface area contributed by atoms with Gasteiger partial charge in [-0.1, -0.05) is 91.3 Å². The van der Waals surface area contributed by atoms with Crippen molar-refractivity contribution in [1.82, 2.24) is 0 Å². The molecule has 392 valence electrons. The maximum atomic E-state index is 13.4. The summed E-state index contributed by atoms with van der Waals surface area (Å²) in [6, 6.07) is 35.7. The van der Waals surface area contributed by atoms with Crippen LogP contribution in [0.25, 0.3) is 21.5 Å². The van der Waals surface area contributed by atoms with Gasteiger partial charge in [-0.3, -0.25) is 14.1 Å². The van der Waals surface area contributed by atoms with Crippen molar-refractivity contribution in [3.05, 3.63) is 166 Å². The van der Waals surface area contributed by atoms with Crippen LogP contribution in [0.1, 0.15) is 59.5 Å². The Morgan fingerprint density at radius 3 is 1.45 bits per heavy atom. The molecule has 0 atom stereocenters. The minimum atomic E-state index is -4.87. The molecule has 0 fully saturated rings. The summed E-state index contributed by atoms with van der Waals surface area (Å²) >= 11 is 12.4. The maximum absolute atomic E-state index is 13.4. The number of fused-ring (bicyclic) bond motifs is 2. The van der Waals surface area contributed by atoms with Crippen molar-refractivity contribution in [1.29, 1.82) is 0 Å². The first kappa shape index (κ1) is 59.8. The first-order chi connectivity index (χ1) is 36.2. The first-order valence-electron chi connectivity index (χ1n) is 23.2. The number of amides is 2. The molecule has 0 bridgehead atoms. The third kappa shape index (κ3) is 14.6. The van der Waals surface area contributed by atoms with E-state index in [4.69, 9.17) is 32.7 Å². The van der Waals surface area contributed by atoms with E-state index in [0.29, 0.717) is 81.6 Å². The van der Waals surface area contributed by atoms with Crippen LogP contribution in [-0.2, 0) is 33.1 Å². The van der Waals surface area contributed by atoms with Gasteiger partial charge in [-0.05, 0) is 134 Å². The number of phenolic OH excluding ortho intramolecular Hbond substituents is 1. The molecule has 0 aromatic heterocycles. The third-order valence-electron chi connectivity index (χ3n) is 11.3. The van der Waals surface area contributed by atoms with Crippen molar-refractivity contribution < 1.29 is 55.2 Å². The number of nitrogens with zero attached hydrogens (tertiary/aromatic N) is 4. The number of azo groups is 2. The van der Waals surface area contributed by atoms with E-state index in [2.05, 4.69) is 31.1 Å². The molecule has 0 saturated carbocycles. The summed E-state index contributed by atoms with van der Waals surface area (Å²) < 4.78 is 79.0. The van der Waals surface area contributed by atoms with E-state index < -0.39 is 58.4 Å². The molecule has 8 aromatic carbocycles. The Labute approximate surface area is 493 Å². The summed E-state index contributed by atoms with van der Waals surface area (Å²) in [5.74, 6) is -1.03. The fourth-order valence-electron chi connectivity index (χ4n) is 7.58. The average molecular weight is 1240 g/mol. The van der Waals surface area contributed by atoms with Crippen molar-refractivity contribution in [3.63, 3.8) is 0 Å². The van der Waals surface area contributed by atoms with E-state index in [0.717, 1.165) is 0 Å². The zero-order chi connectivity index (χ0) is 54.9. The van der Waals surface area contributed by atoms with Crippen LogP contribution in [0, 0.1) is 0 Å². The number of aromatic hydroxyl groups is 1. The molecule has 0 aliphatic carbocycles. The van der Waals surface area contributed by atoms with Gasteiger partial charge < -0.3 is 34.9 Å². The Bertz CT molecular complexity index is 3560. The number of hydrogen-bond acceptors (Lipinski definition) is 15. The molecule has 0 spiro atoms. The molecule has 0 saturated heterocycles. The number of carbonyl (C=O) groups excluding carboxylic acids is 2. The second-order valence-electron chi connectivity index (χ2n) is 16.4. The molecule has 8 rings (SSSR count). The van der Waals surface area contributed by atoms with Gasteiger partial charge in [0.2, 0.25) is 0 Å². The summed E-state index contributed by atoms with van der Waals surface area (Å²) in [6.45, 7) is 8.31. The van der Waals surface area contributed by atoms with Crippen molar-refractivity contribution in [2.24, 2.45) is 20.5 Å². The number of rotatable bonds is 16. The number of aryl methyl sites for hydroxylation is 2. The van der Waals surface area contributed by atoms with Gasteiger partial charge in [-0.2, -0.15) is 13.5 Å². The normalized spacial score (nSPS) is 11.5. The van der Waals surface area contributed by atoms with Crippen LogP contribution in [0.5, 0.6) is 23.0 Å². The molecular formula is C54H46BaCl2N6O12S2. The monoisotopic (exact) mass is 1240 g/mol. The fourth-order valence-corrected chi connectivity index (χ4v) is 9.70. The van der Waals surface area contributed by atoms with Crippen molar-refractivity contribution in [3.8, 4) is 23.0 Å². The molecule has 4 N–H and O–H groups in total. The Hall–Kier alpha value is -6.41. The van der Waals surface area contributed by atoms with Crippen LogP contribution in [0.4, 0.5) is 34.1 Å². The SMILES string of the molecule is CCOc1ccc(NC(=O)c2cc3ccccc3c(N=Nc3cc(CC)cc(S(=O)(=O)O)c3Cl)c2O)cc1.CCOc1ccc(NC(=O)c2cc3ccccc3c(N=Nc3cc(CC)cc(S(=O)(=O)[O-])c3Cl)c2[O-])cc1.[Ba+2]. The Balaban J connectivity index is 0.000000246. The predicted molar refractivity (Wildman–Crippen MR) is 294 cm³/mol. The van der Waals surface area contributed by atoms with Crippen LogP contribution >= 0.6 is 23.2 Å². The van der Waals surface area contributed by atoms with Gasteiger partial charge in [0.1, 0.15) is 43.6 Å². The van der Waals surface area contributed by atoms with Crippen LogP contribution in [-0.4, -0.2) is 105 Å². The second-order valence-corrected chi connectivity index (χ2v) is 19.9. The van der Waals surface area contributed by atoms with E-state index in [9.17, 15) is 45.7 Å². The van der Waals surface area contributed by atoms with E-state index in [1.807, 2.05) is 13.8 Å². The molecule has 23 heteroatoms. The number of phenols is 1. The number of halogens is 2. The van der Waals surface area contributed by atoms with Crippen molar-refractivity contribution >= 4 is 160 Å². The smallest absolute Gasteiger partial charge is 0.870 e. The van der Waals surface area contributed by atoms with Gasteiger partial charge in [-0.15, -0.1) is 15.3 Å². The van der Waals surface area contributed by atoms with Crippen LogP contribution < -0.4 is 25.2 Å². The van der Waals surface area contributed by atoms with Crippen molar-refractivity contribution in [2.45, 2.75) is 50.3 Å². The molecule has 2 amide bonds. The summed E-state index contributed by atoms with van der Waals surface area (Å²) in [4.78, 5) is 25.1. The van der Waals surface area contributed by atoms with Gasteiger partial charge >= 0.3 is 48.9 Å². The molecule has 0 aliphatic heterocycles. The fraction of sp³-hybridized carbons (Fsp3) is 0.148. The zero-order valence-corrected chi connectivity index (χ0v) is 49.2. The van der Waals surface area contributed by atoms with Crippen LogP contribution in [0.3, 0.4) is 0 Å². The molecule has 0 unspecified atom stereocenters. The van der Waals surface area contributed by atoms with Gasteiger partial charge in [0.15, 0.2) is 5.75 Å². The molecule has 0 radical (unpaired) electrons. The zero-order valence-electron chi connectivity index (χ0n) is 41.6. The standard InChI is InChI=1S/2C27H24ClN3O6S.Ba/c2*1-3-16-13-22(24(28)23(14-16)38(34,35)36)30-31-25-20-8-6-5-7-17(20)15-21(26(25)32)27(33)29-18-9-11-19(12-10-18)37-4-2;/h2*5-15,32H,3-4H2,1-2H3,(H,29,33)(H,34,35,36);/q;;+2/p-2. The molecule has 0 heterocycles. The minimum Gasteiger partial charge on any atom is -0.870 e. The van der Waals surface area contributed by atoms with E-state index in [-0.39, 0.29) is 87.8 Å². The number of hydrogen-bond donors (Lipinski definition) is 4. The van der Waals surface area contributed by atoms with Gasteiger partial charge in [0.05, 0.1) is 39.4 Å². The van der Waals surface area contributed by atoms with Gasteiger partial charge in [-0.25, -0.2) is 8.42 Å². The van der Waals surface area contributed by atoms with E-state index in [1.165, 1.54) is 36.4 Å². The van der Waals surface area contributed by atoms with Gasteiger partial charge in [0.25, 0.3) is 21.9 Å². The number of carbonyl (C=O) groups is 2. The minimum absolute atomic E-state index is 0.